The van der Waals surface area contributed by atoms with E-state index in [0.29, 0.717) is 0 Å². The highest BCUT2D eigenvalue weighted by molar-refractivity contribution is 9.10. The van der Waals surface area contributed by atoms with Crippen LogP contribution in [0, 0.1) is 0 Å². The zero-order chi connectivity index (χ0) is 12.3. The maximum atomic E-state index is 12.5. The number of rotatable bonds is 3. The molecule has 1 heterocycles. The first-order chi connectivity index (χ1) is 7.51. The second-order valence-electron chi connectivity index (χ2n) is 2.78. The first-order valence-electron chi connectivity index (χ1n) is 4.13. The Balaban J connectivity index is 3.32. The molecule has 0 aliphatic rings. The Morgan fingerprint density at radius 3 is 2.69 bits per heavy atom. The van der Waals surface area contributed by atoms with E-state index in [9.17, 15) is 13.6 Å². The van der Waals surface area contributed by atoms with E-state index in [1.54, 1.807) is 0 Å². The van der Waals surface area contributed by atoms with Crippen LogP contribution in [0.1, 0.15) is 28.2 Å². The van der Waals surface area contributed by atoms with E-state index in [1.807, 2.05) is 0 Å². The van der Waals surface area contributed by atoms with Gasteiger partial charge in [0.2, 0.25) is 0 Å². The molecule has 1 aromatic heterocycles. The molecule has 0 saturated carbocycles. The van der Waals surface area contributed by atoms with Crippen LogP contribution in [0.5, 0.6) is 0 Å². The van der Waals surface area contributed by atoms with E-state index in [1.165, 1.54) is 13.2 Å². The van der Waals surface area contributed by atoms with Crippen molar-refractivity contribution in [1.82, 2.24) is 4.98 Å². The fourth-order valence-electron chi connectivity index (χ4n) is 1.08. The molecule has 0 aromatic carbocycles. The van der Waals surface area contributed by atoms with Gasteiger partial charge in [-0.15, -0.1) is 0 Å². The Bertz CT molecular complexity index is 413. The zero-order valence-corrected chi connectivity index (χ0v) is 11.3. The highest BCUT2D eigenvalue weighted by atomic mass is 79.9. The molecule has 0 saturated heterocycles. The minimum absolute atomic E-state index is 0.0904. The van der Waals surface area contributed by atoms with E-state index in [-0.39, 0.29) is 26.8 Å². The highest BCUT2D eigenvalue weighted by Gasteiger charge is 2.20. The normalized spacial score (nSPS) is 10.6. The van der Waals surface area contributed by atoms with Gasteiger partial charge >= 0.3 is 5.97 Å². The van der Waals surface area contributed by atoms with Crippen LogP contribution in [-0.2, 0) is 10.1 Å². The Morgan fingerprint density at radius 1 is 1.62 bits per heavy atom. The van der Waals surface area contributed by atoms with E-state index >= 15 is 0 Å². The zero-order valence-electron chi connectivity index (χ0n) is 8.14. The molecule has 0 aliphatic carbocycles. The Kier molecular flexibility index (Phi) is 4.79. The van der Waals surface area contributed by atoms with Gasteiger partial charge in [0.1, 0.15) is 5.69 Å². The smallest absolute Gasteiger partial charge is 0.339 e. The Morgan fingerprint density at radius 2 is 2.25 bits per heavy atom. The number of halogens is 4. The maximum Gasteiger partial charge on any atom is 0.339 e. The summed E-state index contributed by atoms with van der Waals surface area (Å²) in [5.41, 5.74) is 0.00287. The predicted octanol–water partition coefficient (Wildman–Crippen LogP) is 3.46. The third-order valence-electron chi connectivity index (χ3n) is 1.82. The number of ether oxygens (including phenoxy) is 1. The van der Waals surface area contributed by atoms with Crippen molar-refractivity contribution in [2.45, 2.75) is 11.8 Å². The lowest BCUT2D eigenvalue weighted by atomic mass is 10.2. The van der Waals surface area contributed by atoms with Crippen LogP contribution in [0.3, 0.4) is 0 Å². The van der Waals surface area contributed by atoms with Gasteiger partial charge in [-0.2, -0.15) is 0 Å². The number of carbonyl (C=O) groups excluding carboxylic acids is 1. The van der Waals surface area contributed by atoms with Gasteiger partial charge in [0.05, 0.1) is 18.4 Å². The molecule has 0 fully saturated rings. The van der Waals surface area contributed by atoms with Crippen molar-refractivity contribution in [2.75, 3.05) is 7.11 Å². The number of carbonyl (C=O) groups is 1. The maximum absolute atomic E-state index is 12.5. The SMILES string of the molecule is COC(=O)c1cc(Br)c(C(F)F)nc1CBr. The second kappa shape index (κ2) is 5.67. The van der Waals surface area contributed by atoms with Crippen molar-refractivity contribution in [3.05, 3.63) is 27.5 Å². The van der Waals surface area contributed by atoms with Crippen LogP contribution in [-0.4, -0.2) is 18.1 Å². The van der Waals surface area contributed by atoms with Crippen LogP contribution in [0.25, 0.3) is 0 Å². The van der Waals surface area contributed by atoms with Crippen LogP contribution < -0.4 is 0 Å². The van der Waals surface area contributed by atoms with Crippen LogP contribution in [0.2, 0.25) is 0 Å². The summed E-state index contributed by atoms with van der Waals surface area (Å²) in [7, 11) is 1.22. The predicted molar refractivity (Wildman–Crippen MR) is 60.9 cm³/mol. The summed E-state index contributed by atoms with van der Waals surface area (Å²) in [5, 5.41) is 0.199. The molecule has 1 aromatic rings. The summed E-state index contributed by atoms with van der Waals surface area (Å²) >= 11 is 6.03. The number of alkyl halides is 3. The molecule has 16 heavy (non-hydrogen) atoms. The van der Waals surface area contributed by atoms with Crippen LogP contribution >= 0.6 is 31.9 Å². The molecule has 1 rings (SSSR count). The quantitative estimate of drug-likeness (QED) is 0.613. The number of methoxy groups -OCH3 is 1. The molecule has 0 atom stereocenters. The van der Waals surface area contributed by atoms with Crippen molar-refractivity contribution in [3.8, 4) is 0 Å². The largest absolute Gasteiger partial charge is 0.465 e. The van der Waals surface area contributed by atoms with Crippen molar-refractivity contribution < 1.29 is 18.3 Å². The number of aromatic nitrogens is 1. The van der Waals surface area contributed by atoms with Crippen LogP contribution in [0.15, 0.2) is 10.5 Å². The molecular formula is C9H7Br2F2NO2. The van der Waals surface area contributed by atoms with Gasteiger partial charge < -0.3 is 4.74 Å². The van der Waals surface area contributed by atoms with E-state index < -0.39 is 12.4 Å². The summed E-state index contributed by atoms with van der Waals surface area (Å²) in [5.74, 6) is -0.608. The van der Waals surface area contributed by atoms with E-state index in [2.05, 4.69) is 41.6 Å². The standard InChI is InChI=1S/C9H7Br2F2NO2/c1-16-9(15)4-2-5(11)7(8(12)13)14-6(4)3-10/h2,8H,3H2,1H3. The van der Waals surface area contributed by atoms with Gasteiger partial charge in [0, 0.05) is 9.80 Å². The molecule has 0 aliphatic heterocycles. The second-order valence-corrected chi connectivity index (χ2v) is 4.19. The van der Waals surface area contributed by atoms with Crippen molar-refractivity contribution in [3.63, 3.8) is 0 Å². The average Bonchev–Trinajstić information content (AvgIpc) is 2.27. The minimum atomic E-state index is -2.70. The summed E-state index contributed by atoms with van der Waals surface area (Å²) in [6.07, 6.45) is -2.70. The minimum Gasteiger partial charge on any atom is -0.465 e. The van der Waals surface area contributed by atoms with Crippen molar-refractivity contribution >= 4 is 37.8 Å². The summed E-state index contributed by atoms with van der Waals surface area (Å²) in [6.45, 7) is 0. The first-order valence-corrected chi connectivity index (χ1v) is 6.04. The molecule has 0 spiro atoms. The fraction of sp³-hybridized carbons (Fsp3) is 0.333. The van der Waals surface area contributed by atoms with Gasteiger partial charge in [-0.05, 0) is 22.0 Å². The monoisotopic (exact) mass is 357 g/mol. The van der Waals surface area contributed by atoms with Gasteiger partial charge in [-0.25, -0.2) is 18.6 Å². The van der Waals surface area contributed by atoms with E-state index in [4.69, 9.17) is 0 Å². The molecule has 7 heteroatoms. The highest BCUT2D eigenvalue weighted by Crippen LogP contribution is 2.28. The van der Waals surface area contributed by atoms with E-state index in [0.717, 1.165) is 0 Å². The fourth-order valence-corrected chi connectivity index (χ4v) is 2.00. The summed E-state index contributed by atoms with van der Waals surface area (Å²) < 4.78 is 29.7. The first kappa shape index (κ1) is 13.5. The summed E-state index contributed by atoms with van der Waals surface area (Å²) in [4.78, 5) is 15.0. The Hall–Kier alpha value is -0.560. The third kappa shape index (κ3) is 2.76. The lowest BCUT2D eigenvalue weighted by molar-refractivity contribution is 0.0598. The molecule has 3 nitrogen and oxygen atoms in total. The third-order valence-corrected chi connectivity index (χ3v) is 2.99. The lowest BCUT2D eigenvalue weighted by Gasteiger charge is -2.09. The molecule has 0 radical (unpaired) electrons. The number of hydrogen-bond acceptors (Lipinski definition) is 3. The molecule has 88 valence electrons. The average molecular weight is 359 g/mol. The summed E-state index contributed by atoms with van der Waals surface area (Å²) in [6, 6.07) is 1.29. The number of esters is 1. The van der Waals surface area contributed by atoms with Gasteiger partial charge in [0.25, 0.3) is 6.43 Å². The number of pyridine rings is 1. The molecule has 0 amide bonds. The van der Waals surface area contributed by atoms with Gasteiger partial charge in [-0.3, -0.25) is 0 Å². The number of nitrogens with zero attached hydrogens (tertiary/aromatic N) is 1. The molecular weight excluding hydrogens is 352 g/mol. The topological polar surface area (TPSA) is 39.2 Å². The van der Waals surface area contributed by atoms with Crippen molar-refractivity contribution in [2.24, 2.45) is 0 Å². The Labute approximate surface area is 107 Å². The number of hydrogen-bond donors (Lipinski definition) is 0. The van der Waals surface area contributed by atoms with Crippen molar-refractivity contribution in [1.29, 1.82) is 0 Å². The lowest BCUT2D eigenvalue weighted by Crippen LogP contribution is -2.09. The molecule has 0 N–H and O–H groups in total. The van der Waals surface area contributed by atoms with Crippen LogP contribution in [0.4, 0.5) is 8.78 Å². The van der Waals surface area contributed by atoms with Gasteiger partial charge in [-0.1, -0.05) is 15.9 Å². The van der Waals surface area contributed by atoms with Gasteiger partial charge in [0.15, 0.2) is 0 Å². The molecule has 0 unspecified atom stereocenters. The molecule has 0 bridgehead atoms.